The van der Waals surface area contributed by atoms with Crippen molar-refractivity contribution in [1.29, 1.82) is 0 Å². The molecule has 1 N–H and O–H groups in total. The molecule has 2 aromatic carbocycles. The SMILES string of the molecule is OCc1nnn(-c2cccc(F)c2)c1-c1ccc(Cl)cc1. The number of aliphatic hydroxyl groups is 1. The number of benzene rings is 2. The summed E-state index contributed by atoms with van der Waals surface area (Å²) in [6.07, 6.45) is 0. The second-order valence-corrected chi connectivity index (χ2v) is 4.88. The van der Waals surface area contributed by atoms with Gasteiger partial charge < -0.3 is 5.11 Å². The van der Waals surface area contributed by atoms with E-state index >= 15 is 0 Å². The first kappa shape index (κ1) is 13.7. The lowest BCUT2D eigenvalue weighted by Gasteiger charge is -2.08. The van der Waals surface area contributed by atoms with Gasteiger partial charge in [-0.15, -0.1) is 5.10 Å². The third kappa shape index (κ3) is 2.66. The zero-order valence-corrected chi connectivity index (χ0v) is 11.6. The van der Waals surface area contributed by atoms with E-state index in [-0.39, 0.29) is 12.4 Å². The standard InChI is InChI=1S/C15H11ClFN3O/c16-11-6-4-10(5-7-11)15-14(9-21)18-19-20(15)13-3-1-2-12(17)8-13/h1-8,21H,9H2. The smallest absolute Gasteiger partial charge is 0.125 e. The van der Waals surface area contributed by atoms with Gasteiger partial charge in [0.25, 0.3) is 0 Å². The van der Waals surface area contributed by atoms with Crippen LogP contribution in [0.5, 0.6) is 0 Å². The Kier molecular flexibility index (Phi) is 3.68. The minimum Gasteiger partial charge on any atom is -0.390 e. The van der Waals surface area contributed by atoms with E-state index in [1.165, 1.54) is 16.8 Å². The van der Waals surface area contributed by atoms with Gasteiger partial charge in [-0.2, -0.15) is 0 Å². The maximum absolute atomic E-state index is 13.4. The molecule has 0 aliphatic heterocycles. The van der Waals surface area contributed by atoms with E-state index in [1.807, 2.05) is 0 Å². The van der Waals surface area contributed by atoms with Crippen LogP contribution in [0.25, 0.3) is 16.9 Å². The van der Waals surface area contributed by atoms with Crippen molar-refractivity contribution in [2.75, 3.05) is 0 Å². The van der Waals surface area contributed by atoms with Crippen LogP contribution in [0.3, 0.4) is 0 Å². The van der Waals surface area contributed by atoms with Gasteiger partial charge in [-0.05, 0) is 30.3 Å². The molecule has 0 bridgehead atoms. The molecule has 0 fully saturated rings. The number of nitrogens with zero attached hydrogens (tertiary/aromatic N) is 3. The monoisotopic (exact) mass is 303 g/mol. The Labute approximate surface area is 125 Å². The maximum Gasteiger partial charge on any atom is 0.125 e. The highest BCUT2D eigenvalue weighted by atomic mass is 35.5. The van der Waals surface area contributed by atoms with Crippen LogP contribution in [0.4, 0.5) is 4.39 Å². The highest BCUT2D eigenvalue weighted by molar-refractivity contribution is 6.30. The third-order valence-electron chi connectivity index (χ3n) is 3.06. The fraction of sp³-hybridized carbons (Fsp3) is 0.0667. The lowest BCUT2D eigenvalue weighted by Crippen LogP contribution is -2.00. The Morgan fingerprint density at radius 1 is 1.14 bits per heavy atom. The number of aliphatic hydroxyl groups excluding tert-OH is 1. The molecule has 0 atom stereocenters. The first-order valence-corrected chi connectivity index (χ1v) is 6.64. The van der Waals surface area contributed by atoms with Gasteiger partial charge in [0.15, 0.2) is 0 Å². The van der Waals surface area contributed by atoms with Crippen molar-refractivity contribution in [2.45, 2.75) is 6.61 Å². The molecule has 0 unspecified atom stereocenters. The molecule has 0 spiro atoms. The second-order valence-electron chi connectivity index (χ2n) is 4.44. The minimum atomic E-state index is -0.365. The summed E-state index contributed by atoms with van der Waals surface area (Å²) < 4.78 is 14.9. The predicted molar refractivity (Wildman–Crippen MR) is 77.7 cm³/mol. The van der Waals surface area contributed by atoms with Gasteiger partial charge in [0.05, 0.1) is 12.3 Å². The number of halogens is 2. The highest BCUT2D eigenvalue weighted by Gasteiger charge is 2.16. The summed E-state index contributed by atoms with van der Waals surface area (Å²) >= 11 is 5.89. The quantitative estimate of drug-likeness (QED) is 0.808. The molecule has 0 radical (unpaired) electrons. The van der Waals surface area contributed by atoms with E-state index in [0.717, 1.165) is 5.56 Å². The van der Waals surface area contributed by atoms with E-state index in [9.17, 15) is 9.50 Å². The normalized spacial score (nSPS) is 10.8. The molecule has 0 aliphatic carbocycles. The van der Waals surface area contributed by atoms with Gasteiger partial charge in [0, 0.05) is 10.6 Å². The molecule has 0 saturated carbocycles. The third-order valence-corrected chi connectivity index (χ3v) is 3.31. The summed E-state index contributed by atoms with van der Waals surface area (Å²) in [6, 6.07) is 13.1. The average molecular weight is 304 g/mol. The summed E-state index contributed by atoms with van der Waals surface area (Å²) in [5, 5.41) is 18.0. The molecular formula is C15H11ClFN3O. The topological polar surface area (TPSA) is 50.9 Å². The molecular weight excluding hydrogens is 293 g/mol. The fourth-order valence-electron chi connectivity index (χ4n) is 2.10. The zero-order chi connectivity index (χ0) is 14.8. The van der Waals surface area contributed by atoms with Gasteiger partial charge in [0.1, 0.15) is 17.2 Å². The molecule has 21 heavy (non-hydrogen) atoms. The first-order valence-electron chi connectivity index (χ1n) is 6.26. The van der Waals surface area contributed by atoms with Crippen LogP contribution in [0, 0.1) is 5.82 Å². The van der Waals surface area contributed by atoms with Crippen molar-refractivity contribution in [1.82, 2.24) is 15.0 Å². The van der Waals surface area contributed by atoms with E-state index in [1.54, 1.807) is 36.4 Å². The van der Waals surface area contributed by atoms with Gasteiger partial charge in [-0.1, -0.05) is 35.0 Å². The van der Waals surface area contributed by atoms with Crippen molar-refractivity contribution >= 4 is 11.6 Å². The van der Waals surface area contributed by atoms with Crippen LogP contribution in [-0.2, 0) is 6.61 Å². The molecule has 106 valence electrons. The number of aromatic nitrogens is 3. The molecule has 3 aromatic rings. The average Bonchev–Trinajstić information content (AvgIpc) is 2.92. The van der Waals surface area contributed by atoms with Crippen LogP contribution in [0.15, 0.2) is 48.5 Å². The van der Waals surface area contributed by atoms with Crippen LogP contribution in [0.1, 0.15) is 5.69 Å². The number of rotatable bonds is 3. The molecule has 3 rings (SSSR count). The summed E-state index contributed by atoms with van der Waals surface area (Å²) in [7, 11) is 0. The highest BCUT2D eigenvalue weighted by Crippen LogP contribution is 2.26. The van der Waals surface area contributed by atoms with Crippen LogP contribution >= 0.6 is 11.6 Å². The summed E-state index contributed by atoms with van der Waals surface area (Å²) in [5.41, 5.74) is 2.35. The van der Waals surface area contributed by atoms with Crippen molar-refractivity contribution in [3.63, 3.8) is 0 Å². The molecule has 1 aromatic heterocycles. The van der Waals surface area contributed by atoms with E-state index in [2.05, 4.69) is 10.3 Å². The molecule has 0 saturated heterocycles. The molecule has 1 heterocycles. The summed E-state index contributed by atoms with van der Waals surface area (Å²) in [6.45, 7) is -0.257. The second kappa shape index (κ2) is 5.63. The van der Waals surface area contributed by atoms with Crippen molar-refractivity contribution < 1.29 is 9.50 Å². The van der Waals surface area contributed by atoms with E-state index in [4.69, 9.17) is 11.6 Å². The Balaban J connectivity index is 2.19. The van der Waals surface area contributed by atoms with Gasteiger partial charge in [-0.25, -0.2) is 9.07 Å². The van der Waals surface area contributed by atoms with E-state index < -0.39 is 0 Å². The number of hydrogen-bond acceptors (Lipinski definition) is 3. The Bertz CT molecular complexity index is 771. The van der Waals surface area contributed by atoms with Gasteiger partial charge in [-0.3, -0.25) is 0 Å². The lowest BCUT2D eigenvalue weighted by atomic mass is 10.1. The predicted octanol–water partition coefficient (Wildman–Crippen LogP) is 3.22. The Hall–Kier alpha value is -2.24. The van der Waals surface area contributed by atoms with Gasteiger partial charge in [0.2, 0.25) is 0 Å². The summed E-state index contributed by atoms with van der Waals surface area (Å²) in [5.74, 6) is -0.365. The van der Waals surface area contributed by atoms with Crippen LogP contribution < -0.4 is 0 Å². The van der Waals surface area contributed by atoms with E-state index in [0.29, 0.717) is 22.1 Å². The molecule has 6 heteroatoms. The zero-order valence-electron chi connectivity index (χ0n) is 10.9. The summed E-state index contributed by atoms with van der Waals surface area (Å²) in [4.78, 5) is 0. The molecule has 0 aliphatic rings. The van der Waals surface area contributed by atoms with Crippen LogP contribution in [0.2, 0.25) is 5.02 Å². The Morgan fingerprint density at radius 3 is 2.57 bits per heavy atom. The van der Waals surface area contributed by atoms with Crippen LogP contribution in [-0.4, -0.2) is 20.1 Å². The largest absolute Gasteiger partial charge is 0.390 e. The maximum atomic E-state index is 13.4. The fourth-order valence-corrected chi connectivity index (χ4v) is 2.23. The first-order chi connectivity index (χ1) is 10.2. The number of hydrogen-bond donors (Lipinski definition) is 1. The van der Waals surface area contributed by atoms with Crippen molar-refractivity contribution in [2.24, 2.45) is 0 Å². The lowest BCUT2D eigenvalue weighted by molar-refractivity contribution is 0.277. The van der Waals surface area contributed by atoms with Gasteiger partial charge >= 0.3 is 0 Å². The molecule has 4 nitrogen and oxygen atoms in total. The Morgan fingerprint density at radius 2 is 1.90 bits per heavy atom. The van der Waals surface area contributed by atoms with Crippen molar-refractivity contribution in [3.05, 3.63) is 65.1 Å². The van der Waals surface area contributed by atoms with Crippen molar-refractivity contribution in [3.8, 4) is 16.9 Å². The molecule has 0 amide bonds. The minimum absolute atomic E-state index is 0.257.